The van der Waals surface area contributed by atoms with E-state index in [4.69, 9.17) is 4.74 Å². The van der Waals surface area contributed by atoms with Gasteiger partial charge in [0.1, 0.15) is 0 Å². The fraction of sp³-hybridized carbons (Fsp3) is 0.846. The molecule has 0 bridgehead atoms. The van der Waals surface area contributed by atoms with Crippen molar-refractivity contribution in [2.75, 3.05) is 25.4 Å². The summed E-state index contributed by atoms with van der Waals surface area (Å²) in [5, 5.41) is 0.458. The summed E-state index contributed by atoms with van der Waals surface area (Å²) in [6.07, 6.45) is 1.72. The van der Waals surface area contributed by atoms with Crippen LogP contribution in [0, 0.1) is 5.92 Å². The Morgan fingerprint density at radius 1 is 1.44 bits per heavy atom. The highest BCUT2D eigenvalue weighted by atomic mass is 32.2. The molecule has 1 saturated heterocycles. The number of esters is 1. The highest BCUT2D eigenvalue weighted by Crippen LogP contribution is 2.19. The SMILES string of the molecule is CCOC(=O)[C@@H]1CCCN(C(=O)CSC(C)C)C1. The normalized spacial score (nSPS) is 20.0. The van der Waals surface area contributed by atoms with Gasteiger partial charge in [0.2, 0.25) is 5.91 Å². The molecular weight excluding hydrogens is 250 g/mol. The molecule has 1 heterocycles. The van der Waals surface area contributed by atoms with Crippen molar-refractivity contribution < 1.29 is 14.3 Å². The summed E-state index contributed by atoms with van der Waals surface area (Å²) in [6, 6.07) is 0. The molecule has 1 fully saturated rings. The number of ether oxygens (including phenoxy) is 1. The third-order valence-corrected chi connectivity index (χ3v) is 4.01. The molecular formula is C13H23NO3S. The molecule has 1 rings (SSSR count). The van der Waals surface area contributed by atoms with Crippen molar-refractivity contribution in [2.45, 2.75) is 38.9 Å². The van der Waals surface area contributed by atoms with Gasteiger partial charge in [0.25, 0.3) is 0 Å². The second-order valence-electron chi connectivity index (χ2n) is 4.79. The molecule has 1 atom stereocenters. The van der Waals surface area contributed by atoms with Crippen molar-refractivity contribution in [1.29, 1.82) is 0 Å². The number of carbonyl (C=O) groups excluding carboxylic acids is 2. The van der Waals surface area contributed by atoms with Crippen LogP contribution >= 0.6 is 11.8 Å². The zero-order valence-electron chi connectivity index (χ0n) is 11.5. The zero-order valence-corrected chi connectivity index (χ0v) is 12.3. The summed E-state index contributed by atoms with van der Waals surface area (Å²) in [6.45, 7) is 7.67. The number of amides is 1. The fourth-order valence-corrected chi connectivity index (χ4v) is 2.64. The monoisotopic (exact) mass is 273 g/mol. The number of piperidine rings is 1. The largest absolute Gasteiger partial charge is 0.466 e. The Kier molecular flexibility index (Phi) is 6.54. The van der Waals surface area contributed by atoms with Gasteiger partial charge in [-0.05, 0) is 25.0 Å². The lowest BCUT2D eigenvalue weighted by Crippen LogP contribution is -2.43. The van der Waals surface area contributed by atoms with Crippen LogP contribution in [0.2, 0.25) is 0 Å². The molecule has 0 aromatic heterocycles. The molecule has 0 aromatic carbocycles. The lowest BCUT2D eigenvalue weighted by atomic mass is 9.98. The van der Waals surface area contributed by atoms with Gasteiger partial charge in [-0.25, -0.2) is 0 Å². The van der Waals surface area contributed by atoms with Gasteiger partial charge in [0.05, 0.1) is 18.3 Å². The highest BCUT2D eigenvalue weighted by molar-refractivity contribution is 8.00. The Balaban J connectivity index is 2.42. The number of rotatable bonds is 5. The molecule has 1 aliphatic rings. The number of thioether (sulfide) groups is 1. The van der Waals surface area contributed by atoms with Crippen LogP contribution in [-0.2, 0) is 14.3 Å². The Hall–Kier alpha value is -0.710. The van der Waals surface area contributed by atoms with Crippen LogP contribution in [0.3, 0.4) is 0 Å². The van der Waals surface area contributed by atoms with Crippen molar-refractivity contribution in [1.82, 2.24) is 4.90 Å². The summed E-state index contributed by atoms with van der Waals surface area (Å²) in [7, 11) is 0. The van der Waals surface area contributed by atoms with Crippen molar-refractivity contribution in [2.24, 2.45) is 5.92 Å². The van der Waals surface area contributed by atoms with E-state index in [-0.39, 0.29) is 17.8 Å². The minimum Gasteiger partial charge on any atom is -0.466 e. The van der Waals surface area contributed by atoms with Crippen LogP contribution < -0.4 is 0 Å². The van der Waals surface area contributed by atoms with E-state index in [1.54, 1.807) is 16.7 Å². The number of nitrogens with zero attached hydrogens (tertiary/aromatic N) is 1. The maximum atomic E-state index is 12.0. The molecule has 0 aromatic rings. The van der Waals surface area contributed by atoms with Gasteiger partial charge in [0.15, 0.2) is 0 Å². The predicted molar refractivity (Wildman–Crippen MR) is 73.5 cm³/mol. The second kappa shape index (κ2) is 7.67. The van der Waals surface area contributed by atoms with E-state index >= 15 is 0 Å². The minimum absolute atomic E-state index is 0.133. The average molecular weight is 273 g/mol. The maximum Gasteiger partial charge on any atom is 0.310 e. The molecule has 0 radical (unpaired) electrons. The number of likely N-dealkylation sites (tertiary alicyclic amines) is 1. The predicted octanol–water partition coefficient (Wildman–Crippen LogP) is 1.93. The summed E-state index contributed by atoms with van der Waals surface area (Å²) >= 11 is 1.65. The molecule has 0 aliphatic carbocycles. The quantitative estimate of drug-likeness (QED) is 0.718. The molecule has 5 heteroatoms. The van der Waals surface area contributed by atoms with Gasteiger partial charge in [-0.1, -0.05) is 13.8 Å². The maximum absolute atomic E-state index is 12.0. The third kappa shape index (κ3) is 4.88. The van der Waals surface area contributed by atoms with Crippen LogP contribution in [0.15, 0.2) is 0 Å². The summed E-state index contributed by atoms with van der Waals surface area (Å²) in [5.74, 6) is 0.355. The van der Waals surface area contributed by atoms with E-state index in [1.165, 1.54) is 0 Å². The Morgan fingerprint density at radius 3 is 2.78 bits per heavy atom. The van der Waals surface area contributed by atoms with E-state index in [2.05, 4.69) is 13.8 Å². The molecule has 0 saturated carbocycles. The molecule has 1 amide bonds. The first-order valence-electron chi connectivity index (χ1n) is 6.60. The Bertz CT molecular complexity index is 294. The zero-order chi connectivity index (χ0) is 13.5. The Labute approximate surface area is 113 Å². The standard InChI is InChI=1S/C13H23NO3S/c1-4-17-13(16)11-6-5-7-14(8-11)12(15)9-18-10(2)3/h10-11H,4-9H2,1-3H3/t11-/m1/s1. The molecule has 0 N–H and O–H groups in total. The molecule has 4 nitrogen and oxygen atoms in total. The van der Waals surface area contributed by atoms with Crippen molar-refractivity contribution in [3.05, 3.63) is 0 Å². The van der Waals surface area contributed by atoms with Crippen LogP contribution in [0.1, 0.15) is 33.6 Å². The third-order valence-electron chi connectivity index (χ3n) is 2.93. The van der Waals surface area contributed by atoms with Crippen LogP contribution in [0.25, 0.3) is 0 Å². The first-order chi connectivity index (χ1) is 8.54. The van der Waals surface area contributed by atoms with E-state index < -0.39 is 0 Å². The number of hydrogen-bond acceptors (Lipinski definition) is 4. The van der Waals surface area contributed by atoms with Gasteiger partial charge in [0, 0.05) is 13.1 Å². The highest BCUT2D eigenvalue weighted by Gasteiger charge is 2.29. The van der Waals surface area contributed by atoms with Gasteiger partial charge in [-0.2, -0.15) is 0 Å². The van der Waals surface area contributed by atoms with E-state index in [0.29, 0.717) is 24.2 Å². The Morgan fingerprint density at radius 2 is 2.17 bits per heavy atom. The van der Waals surface area contributed by atoms with E-state index in [0.717, 1.165) is 19.4 Å². The molecule has 18 heavy (non-hydrogen) atoms. The fourth-order valence-electron chi connectivity index (χ4n) is 1.99. The summed E-state index contributed by atoms with van der Waals surface area (Å²) in [5.41, 5.74) is 0. The van der Waals surface area contributed by atoms with E-state index in [9.17, 15) is 9.59 Å². The lowest BCUT2D eigenvalue weighted by Gasteiger charge is -2.31. The van der Waals surface area contributed by atoms with Gasteiger partial charge in [-0.15, -0.1) is 11.8 Å². The smallest absolute Gasteiger partial charge is 0.310 e. The molecule has 0 unspecified atom stereocenters. The molecule has 104 valence electrons. The van der Waals surface area contributed by atoms with Gasteiger partial charge in [-0.3, -0.25) is 9.59 Å². The first-order valence-corrected chi connectivity index (χ1v) is 7.65. The first kappa shape index (κ1) is 15.3. The summed E-state index contributed by atoms with van der Waals surface area (Å²) in [4.78, 5) is 25.5. The summed E-state index contributed by atoms with van der Waals surface area (Å²) < 4.78 is 5.03. The lowest BCUT2D eigenvalue weighted by molar-refractivity contribution is -0.151. The van der Waals surface area contributed by atoms with E-state index in [1.807, 2.05) is 6.92 Å². The van der Waals surface area contributed by atoms with Crippen LogP contribution in [0.5, 0.6) is 0 Å². The van der Waals surface area contributed by atoms with Gasteiger partial charge >= 0.3 is 5.97 Å². The number of hydrogen-bond donors (Lipinski definition) is 0. The number of carbonyl (C=O) groups is 2. The average Bonchev–Trinajstić information content (AvgIpc) is 2.36. The second-order valence-corrected chi connectivity index (χ2v) is 6.36. The van der Waals surface area contributed by atoms with Crippen LogP contribution in [0.4, 0.5) is 0 Å². The topological polar surface area (TPSA) is 46.6 Å². The van der Waals surface area contributed by atoms with Crippen molar-refractivity contribution >= 4 is 23.6 Å². The molecule has 0 spiro atoms. The van der Waals surface area contributed by atoms with Crippen molar-refractivity contribution in [3.63, 3.8) is 0 Å². The van der Waals surface area contributed by atoms with Gasteiger partial charge < -0.3 is 9.64 Å². The van der Waals surface area contributed by atoms with Crippen molar-refractivity contribution in [3.8, 4) is 0 Å². The molecule has 1 aliphatic heterocycles. The minimum atomic E-state index is -0.161. The van der Waals surface area contributed by atoms with Crippen LogP contribution in [-0.4, -0.2) is 47.5 Å².